The fraction of sp³-hybridized carbons (Fsp3) is 0.333. The van der Waals surface area contributed by atoms with Gasteiger partial charge in [-0.05, 0) is 28.1 Å². The molecule has 0 aliphatic heterocycles. The minimum absolute atomic E-state index is 0.0717. The maximum absolute atomic E-state index is 13.2. The first-order chi connectivity index (χ1) is 13.2. The second-order valence-electron chi connectivity index (χ2n) is 7.77. The summed E-state index contributed by atoms with van der Waals surface area (Å²) in [7, 11) is -5.09. The van der Waals surface area contributed by atoms with Gasteiger partial charge >= 0.3 is 0 Å². The van der Waals surface area contributed by atoms with E-state index < -0.39 is 17.9 Å². The van der Waals surface area contributed by atoms with Crippen molar-refractivity contribution in [1.82, 2.24) is 25.6 Å². The Bertz CT molecular complexity index is 1050. The van der Waals surface area contributed by atoms with Gasteiger partial charge in [0.05, 0.1) is 28.5 Å². The van der Waals surface area contributed by atoms with E-state index in [0.29, 0.717) is 22.9 Å². The van der Waals surface area contributed by atoms with Crippen molar-refractivity contribution in [3.05, 3.63) is 42.1 Å². The number of aromatic amines is 1. The van der Waals surface area contributed by atoms with E-state index in [9.17, 15) is 13.5 Å². The van der Waals surface area contributed by atoms with Crippen LogP contribution in [0.5, 0.6) is 0 Å². The number of aliphatic hydroxyl groups excluding tert-OH is 1. The van der Waals surface area contributed by atoms with Crippen LogP contribution in [0.2, 0.25) is 25.7 Å². The third-order valence-electron chi connectivity index (χ3n) is 4.36. The molecule has 1 aromatic carbocycles. The summed E-state index contributed by atoms with van der Waals surface area (Å²) in [6.07, 6.45) is 1.49. The minimum Gasteiger partial charge on any atom is -0.392 e. The first-order valence-corrected chi connectivity index (χ1v) is 14.2. The maximum atomic E-state index is 13.2. The van der Waals surface area contributed by atoms with Crippen LogP contribution in [0, 0.1) is 0 Å². The minimum atomic E-state index is -3.55. The molecule has 2 heterocycles. The summed E-state index contributed by atoms with van der Waals surface area (Å²) < 4.78 is 26.3. The van der Waals surface area contributed by atoms with E-state index in [0.717, 1.165) is 5.56 Å². The Hall–Kier alpha value is -2.43. The van der Waals surface area contributed by atoms with Gasteiger partial charge in [0.2, 0.25) is 0 Å². The van der Waals surface area contributed by atoms with Crippen molar-refractivity contribution >= 4 is 17.9 Å². The lowest BCUT2D eigenvalue weighted by atomic mass is 10.0. The summed E-state index contributed by atoms with van der Waals surface area (Å²) in [6.45, 7) is 6.36. The standard InChI is InChI=1S/C18H23N5O3SSi/c1-28(2,3)11-10-27(25,26)15-8-9-19-17(16(15)18-20-22-23-21-18)14-6-4-13(12-24)5-7-14/h4-9,24H,10-12H2,1-3H3,(H,20,21,22,23). The number of rotatable bonds is 7. The Morgan fingerprint density at radius 2 is 1.82 bits per heavy atom. The highest BCUT2D eigenvalue weighted by atomic mass is 32.2. The van der Waals surface area contributed by atoms with Crippen LogP contribution in [0.4, 0.5) is 0 Å². The normalized spacial score (nSPS) is 12.3. The molecule has 0 saturated heterocycles. The molecule has 0 amide bonds. The molecular formula is C18H23N5O3SSi. The molecule has 148 valence electrons. The molecule has 2 aromatic heterocycles. The topological polar surface area (TPSA) is 122 Å². The molecule has 28 heavy (non-hydrogen) atoms. The molecule has 2 N–H and O–H groups in total. The summed E-state index contributed by atoms with van der Waals surface area (Å²) in [5.74, 6) is 0.324. The number of hydrogen-bond acceptors (Lipinski definition) is 7. The number of nitrogens with one attached hydrogen (secondary N) is 1. The number of hydrogen-bond donors (Lipinski definition) is 2. The summed E-state index contributed by atoms with van der Waals surface area (Å²) in [5.41, 5.74) is 2.30. The molecule has 0 radical (unpaired) electrons. The smallest absolute Gasteiger partial charge is 0.182 e. The van der Waals surface area contributed by atoms with Gasteiger partial charge in [0.1, 0.15) is 0 Å². The fourth-order valence-corrected chi connectivity index (χ4v) is 7.25. The fourth-order valence-electron chi connectivity index (χ4n) is 2.73. The molecule has 0 aliphatic rings. The van der Waals surface area contributed by atoms with E-state index >= 15 is 0 Å². The quantitative estimate of drug-likeness (QED) is 0.566. The zero-order valence-electron chi connectivity index (χ0n) is 16.0. The molecule has 3 rings (SSSR count). The van der Waals surface area contributed by atoms with Crippen LogP contribution in [0.1, 0.15) is 5.56 Å². The highest BCUT2D eigenvalue weighted by Gasteiger charge is 2.27. The van der Waals surface area contributed by atoms with Gasteiger partial charge in [-0.1, -0.05) is 43.9 Å². The van der Waals surface area contributed by atoms with Gasteiger partial charge in [0, 0.05) is 19.8 Å². The van der Waals surface area contributed by atoms with Crippen molar-refractivity contribution in [3.8, 4) is 22.6 Å². The maximum Gasteiger partial charge on any atom is 0.182 e. The number of H-pyrrole nitrogens is 1. The first-order valence-electron chi connectivity index (χ1n) is 8.87. The summed E-state index contributed by atoms with van der Waals surface area (Å²) >= 11 is 0. The average Bonchev–Trinajstić information content (AvgIpc) is 3.20. The lowest BCUT2D eigenvalue weighted by molar-refractivity contribution is 0.282. The van der Waals surface area contributed by atoms with E-state index in [-0.39, 0.29) is 23.1 Å². The van der Waals surface area contributed by atoms with Gasteiger partial charge < -0.3 is 5.11 Å². The molecule has 3 aromatic rings. The zero-order valence-corrected chi connectivity index (χ0v) is 17.9. The van der Waals surface area contributed by atoms with Gasteiger partial charge in [-0.25, -0.2) is 13.5 Å². The van der Waals surface area contributed by atoms with Gasteiger partial charge in [-0.15, -0.1) is 5.10 Å². The highest BCUT2D eigenvalue weighted by molar-refractivity contribution is 7.91. The van der Waals surface area contributed by atoms with Crippen molar-refractivity contribution in [3.63, 3.8) is 0 Å². The number of sulfone groups is 1. The molecule has 0 unspecified atom stereocenters. The van der Waals surface area contributed by atoms with Crippen molar-refractivity contribution < 1.29 is 13.5 Å². The van der Waals surface area contributed by atoms with Crippen LogP contribution in [-0.2, 0) is 16.4 Å². The SMILES string of the molecule is C[Si](C)(C)CCS(=O)(=O)c1ccnc(-c2ccc(CO)cc2)c1-c1nnn[nH]1. The predicted octanol–water partition coefficient (Wildman–Crippen LogP) is 2.53. The summed E-state index contributed by atoms with van der Waals surface area (Å²) in [4.78, 5) is 4.58. The highest BCUT2D eigenvalue weighted by Crippen LogP contribution is 2.34. The predicted molar refractivity (Wildman–Crippen MR) is 109 cm³/mol. The molecule has 8 nitrogen and oxygen atoms in total. The second kappa shape index (κ2) is 7.90. The van der Waals surface area contributed by atoms with E-state index in [2.05, 4.69) is 45.2 Å². The van der Waals surface area contributed by atoms with E-state index in [1.54, 1.807) is 24.3 Å². The number of pyridine rings is 1. The molecule has 10 heteroatoms. The van der Waals surface area contributed by atoms with Crippen molar-refractivity contribution in [2.45, 2.75) is 37.2 Å². The third-order valence-corrected chi connectivity index (χ3v) is 8.22. The third kappa shape index (κ3) is 4.51. The molecular weight excluding hydrogens is 394 g/mol. The first kappa shape index (κ1) is 20.3. The van der Waals surface area contributed by atoms with Crippen LogP contribution < -0.4 is 0 Å². The number of aromatic nitrogens is 5. The molecule has 0 bridgehead atoms. The van der Waals surface area contributed by atoms with Gasteiger partial charge in [-0.2, -0.15) is 0 Å². The second-order valence-corrected chi connectivity index (χ2v) is 15.5. The molecule has 0 aliphatic carbocycles. The molecule has 0 fully saturated rings. The Labute approximate surface area is 165 Å². The average molecular weight is 418 g/mol. The molecule has 0 spiro atoms. The van der Waals surface area contributed by atoms with Crippen molar-refractivity contribution in [2.24, 2.45) is 0 Å². The Kier molecular flexibility index (Phi) is 5.73. The lowest BCUT2D eigenvalue weighted by Gasteiger charge is -2.17. The summed E-state index contributed by atoms with van der Waals surface area (Å²) in [6, 6.07) is 9.28. The largest absolute Gasteiger partial charge is 0.392 e. The Morgan fingerprint density at radius 1 is 1.11 bits per heavy atom. The van der Waals surface area contributed by atoms with Gasteiger partial charge in [0.25, 0.3) is 0 Å². The van der Waals surface area contributed by atoms with Crippen LogP contribution in [0.3, 0.4) is 0 Å². The van der Waals surface area contributed by atoms with Gasteiger partial charge in [-0.3, -0.25) is 4.98 Å². The van der Waals surface area contributed by atoms with Crippen molar-refractivity contribution in [2.75, 3.05) is 5.75 Å². The lowest BCUT2D eigenvalue weighted by Crippen LogP contribution is -2.24. The van der Waals surface area contributed by atoms with Crippen LogP contribution in [-0.4, -0.2) is 53.0 Å². The number of nitrogens with zero attached hydrogens (tertiary/aromatic N) is 4. The van der Waals surface area contributed by atoms with Crippen LogP contribution in [0.25, 0.3) is 22.6 Å². The van der Waals surface area contributed by atoms with E-state index in [1.807, 2.05) is 0 Å². The van der Waals surface area contributed by atoms with E-state index in [4.69, 9.17) is 0 Å². The van der Waals surface area contributed by atoms with Crippen LogP contribution >= 0.6 is 0 Å². The zero-order chi connectivity index (χ0) is 20.4. The molecule has 0 saturated carbocycles. The monoisotopic (exact) mass is 417 g/mol. The molecule has 0 atom stereocenters. The Balaban J connectivity index is 2.16. The Morgan fingerprint density at radius 3 is 2.39 bits per heavy atom. The van der Waals surface area contributed by atoms with Crippen molar-refractivity contribution in [1.29, 1.82) is 0 Å². The van der Waals surface area contributed by atoms with Gasteiger partial charge in [0.15, 0.2) is 15.7 Å². The van der Waals surface area contributed by atoms with E-state index in [1.165, 1.54) is 12.3 Å². The van der Waals surface area contributed by atoms with Crippen LogP contribution in [0.15, 0.2) is 41.4 Å². The number of benzene rings is 1. The summed E-state index contributed by atoms with van der Waals surface area (Å²) in [5, 5.41) is 23.1. The number of aliphatic hydroxyl groups is 1. The number of tetrazole rings is 1.